The molecule has 94 valence electrons. The van der Waals surface area contributed by atoms with Crippen molar-refractivity contribution in [1.82, 2.24) is 15.0 Å². The van der Waals surface area contributed by atoms with Crippen LogP contribution in [-0.4, -0.2) is 21.3 Å². The lowest BCUT2D eigenvalue weighted by Crippen LogP contribution is -2.08. The number of aryl methyl sites for hydroxylation is 1. The van der Waals surface area contributed by atoms with Crippen molar-refractivity contribution in [2.75, 3.05) is 0 Å². The van der Waals surface area contributed by atoms with Gasteiger partial charge < -0.3 is 4.74 Å². The number of carbonyl (C=O) groups is 1. The maximum atomic E-state index is 10.8. The van der Waals surface area contributed by atoms with E-state index >= 15 is 0 Å². The minimum Gasteiger partial charge on any atom is -0.486 e. The molecule has 0 amide bonds. The molecule has 0 aliphatic rings. The number of aromatic nitrogens is 3. The summed E-state index contributed by atoms with van der Waals surface area (Å²) in [5.74, 6) is 0.569. The lowest BCUT2D eigenvalue weighted by molar-refractivity contribution is 0.111. The van der Waals surface area contributed by atoms with Gasteiger partial charge in [-0.25, -0.2) is 4.68 Å². The fraction of sp³-hybridized carbons (Fsp3) is 0.250. The van der Waals surface area contributed by atoms with Gasteiger partial charge in [0, 0.05) is 6.54 Å². The van der Waals surface area contributed by atoms with Crippen molar-refractivity contribution in [2.24, 2.45) is 0 Å². The molecular weight excluding hydrogens is 254 g/mol. The first-order valence-electron chi connectivity index (χ1n) is 5.51. The molecule has 0 bridgehead atoms. The van der Waals surface area contributed by atoms with Crippen LogP contribution in [-0.2, 0) is 13.2 Å². The van der Waals surface area contributed by atoms with Crippen molar-refractivity contribution in [2.45, 2.75) is 20.1 Å². The summed E-state index contributed by atoms with van der Waals surface area (Å²) >= 11 is 5.98. The Kier molecular flexibility index (Phi) is 3.94. The Morgan fingerprint density at radius 2 is 2.22 bits per heavy atom. The van der Waals surface area contributed by atoms with Crippen molar-refractivity contribution in [3.8, 4) is 5.75 Å². The highest BCUT2D eigenvalue weighted by molar-refractivity contribution is 6.32. The Morgan fingerprint density at radius 1 is 1.44 bits per heavy atom. The Balaban J connectivity index is 2.17. The first kappa shape index (κ1) is 12.6. The average molecular weight is 266 g/mol. The largest absolute Gasteiger partial charge is 0.486 e. The third-order valence-electron chi connectivity index (χ3n) is 2.48. The van der Waals surface area contributed by atoms with E-state index in [0.717, 1.165) is 0 Å². The zero-order valence-electron chi connectivity index (χ0n) is 9.84. The van der Waals surface area contributed by atoms with Gasteiger partial charge in [-0.3, -0.25) is 4.79 Å². The van der Waals surface area contributed by atoms with Crippen LogP contribution in [0, 0.1) is 0 Å². The highest BCUT2D eigenvalue weighted by Gasteiger charge is 2.12. The quantitative estimate of drug-likeness (QED) is 0.779. The average Bonchev–Trinajstić information content (AvgIpc) is 2.80. The molecule has 18 heavy (non-hydrogen) atoms. The van der Waals surface area contributed by atoms with Crippen LogP contribution in [0.4, 0.5) is 0 Å². The molecule has 6 heteroatoms. The van der Waals surface area contributed by atoms with Crippen LogP contribution in [0.3, 0.4) is 0 Å². The van der Waals surface area contributed by atoms with Crippen molar-refractivity contribution < 1.29 is 9.53 Å². The Labute approximate surface area is 109 Å². The summed E-state index contributed by atoms with van der Waals surface area (Å²) in [7, 11) is 0. The van der Waals surface area contributed by atoms with Gasteiger partial charge in [0.15, 0.2) is 12.0 Å². The fourth-order valence-electron chi connectivity index (χ4n) is 1.55. The predicted octanol–water partition coefficient (Wildman–Crippen LogP) is 2.34. The number of hydrogen-bond donors (Lipinski definition) is 0. The molecule has 0 saturated heterocycles. The smallest absolute Gasteiger partial charge is 0.172 e. The molecule has 0 radical (unpaired) electrons. The summed E-state index contributed by atoms with van der Waals surface area (Å²) in [4.78, 5) is 10.8. The molecule has 0 spiro atoms. The van der Waals surface area contributed by atoms with Gasteiger partial charge in [-0.15, -0.1) is 5.10 Å². The third-order valence-corrected chi connectivity index (χ3v) is 2.79. The van der Waals surface area contributed by atoms with E-state index in [-0.39, 0.29) is 6.61 Å². The Bertz CT molecular complexity index is 554. The van der Waals surface area contributed by atoms with E-state index < -0.39 is 0 Å². The fourth-order valence-corrected chi connectivity index (χ4v) is 1.74. The van der Waals surface area contributed by atoms with Crippen molar-refractivity contribution in [3.05, 3.63) is 40.7 Å². The van der Waals surface area contributed by atoms with Crippen molar-refractivity contribution >= 4 is 17.9 Å². The normalized spacial score (nSPS) is 10.3. The Morgan fingerprint density at radius 3 is 2.89 bits per heavy atom. The summed E-state index contributed by atoms with van der Waals surface area (Å²) in [5, 5.41) is 8.16. The maximum Gasteiger partial charge on any atom is 0.172 e. The number of ether oxygens (including phenoxy) is 1. The zero-order chi connectivity index (χ0) is 13.0. The molecule has 0 aliphatic heterocycles. The van der Waals surface area contributed by atoms with Gasteiger partial charge in [0.2, 0.25) is 0 Å². The molecule has 0 atom stereocenters. The molecule has 0 N–H and O–H groups in total. The minimum absolute atomic E-state index is 0.207. The number of carbonyl (C=O) groups excluding carboxylic acids is 1. The number of halogens is 1. The summed E-state index contributed by atoms with van der Waals surface area (Å²) in [6.45, 7) is 2.75. The predicted molar refractivity (Wildman–Crippen MR) is 66.9 cm³/mol. The second kappa shape index (κ2) is 5.64. The third kappa shape index (κ3) is 2.51. The molecule has 1 heterocycles. The van der Waals surface area contributed by atoms with Gasteiger partial charge in [0.1, 0.15) is 18.1 Å². The van der Waals surface area contributed by atoms with E-state index in [1.165, 1.54) is 0 Å². The van der Waals surface area contributed by atoms with Gasteiger partial charge in [-0.05, 0) is 19.1 Å². The number of nitrogens with zero attached hydrogens (tertiary/aromatic N) is 3. The molecule has 2 rings (SSSR count). The molecule has 1 aromatic heterocycles. The van der Waals surface area contributed by atoms with Gasteiger partial charge in [0.05, 0.1) is 5.02 Å². The summed E-state index contributed by atoms with van der Waals surface area (Å²) in [6.07, 6.45) is 0.671. The monoisotopic (exact) mass is 265 g/mol. The van der Waals surface area contributed by atoms with Crippen LogP contribution in [0.15, 0.2) is 24.3 Å². The van der Waals surface area contributed by atoms with Gasteiger partial charge in [0.25, 0.3) is 0 Å². The summed E-state index contributed by atoms with van der Waals surface area (Å²) in [6, 6.07) is 7.16. The van der Waals surface area contributed by atoms with E-state index in [9.17, 15) is 4.79 Å². The Hall–Kier alpha value is -1.88. The van der Waals surface area contributed by atoms with Gasteiger partial charge in [-0.1, -0.05) is 28.9 Å². The molecule has 0 aliphatic carbocycles. The summed E-state index contributed by atoms with van der Waals surface area (Å²) in [5.41, 5.74) is 0.941. The second-order valence-corrected chi connectivity index (χ2v) is 3.98. The number of aldehydes is 1. The molecule has 0 saturated carbocycles. The van der Waals surface area contributed by atoms with E-state index in [0.29, 0.717) is 35.0 Å². The number of para-hydroxylation sites is 1. The SMILES string of the molecule is CCn1nnc(C=O)c1COc1ccccc1Cl. The van der Waals surface area contributed by atoms with Crippen LogP contribution in [0.5, 0.6) is 5.75 Å². The second-order valence-electron chi connectivity index (χ2n) is 3.57. The van der Waals surface area contributed by atoms with Crippen LogP contribution in [0.25, 0.3) is 0 Å². The minimum atomic E-state index is 0.207. The van der Waals surface area contributed by atoms with Gasteiger partial charge >= 0.3 is 0 Å². The number of rotatable bonds is 5. The van der Waals surface area contributed by atoms with E-state index in [1.54, 1.807) is 16.8 Å². The number of hydrogen-bond acceptors (Lipinski definition) is 4. The lowest BCUT2D eigenvalue weighted by atomic mass is 10.3. The van der Waals surface area contributed by atoms with Crippen molar-refractivity contribution in [3.63, 3.8) is 0 Å². The molecule has 0 fully saturated rings. The maximum absolute atomic E-state index is 10.8. The van der Waals surface area contributed by atoms with E-state index in [1.807, 2.05) is 19.1 Å². The van der Waals surface area contributed by atoms with Crippen LogP contribution >= 0.6 is 11.6 Å². The molecule has 1 aromatic carbocycles. The summed E-state index contributed by atoms with van der Waals surface area (Å²) < 4.78 is 7.20. The molecule has 2 aromatic rings. The van der Waals surface area contributed by atoms with E-state index in [2.05, 4.69) is 10.3 Å². The molecule has 5 nitrogen and oxygen atoms in total. The van der Waals surface area contributed by atoms with Crippen LogP contribution in [0.2, 0.25) is 5.02 Å². The standard InChI is InChI=1S/C12H12ClN3O2/c1-2-16-11(10(7-17)14-15-16)8-18-12-6-4-3-5-9(12)13/h3-7H,2,8H2,1H3. The molecular formula is C12H12ClN3O2. The van der Waals surface area contributed by atoms with Gasteiger partial charge in [-0.2, -0.15) is 0 Å². The highest BCUT2D eigenvalue weighted by Crippen LogP contribution is 2.24. The first-order valence-corrected chi connectivity index (χ1v) is 5.89. The van der Waals surface area contributed by atoms with Crippen LogP contribution < -0.4 is 4.74 Å². The topological polar surface area (TPSA) is 57.0 Å². The number of benzene rings is 1. The zero-order valence-corrected chi connectivity index (χ0v) is 10.6. The molecule has 0 unspecified atom stereocenters. The first-order chi connectivity index (χ1) is 8.76. The van der Waals surface area contributed by atoms with E-state index in [4.69, 9.17) is 16.3 Å². The van der Waals surface area contributed by atoms with Crippen LogP contribution in [0.1, 0.15) is 23.1 Å². The highest BCUT2D eigenvalue weighted by atomic mass is 35.5. The van der Waals surface area contributed by atoms with Crippen molar-refractivity contribution in [1.29, 1.82) is 0 Å². The lowest BCUT2D eigenvalue weighted by Gasteiger charge is -2.08.